The maximum atomic E-state index is 13.6. The highest BCUT2D eigenvalue weighted by atomic mass is 19.2. The van der Waals surface area contributed by atoms with Gasteiger partial charge in [0.25, 0.3) is 11.5 Å². The molecule has 5 rings (SSSR count). The molecule has 1 aliphatic carbocycles. The third kappa shape index (κ3) is 4.90. The second-order valence-corrected chi connectivity index (χ2v) is 8.74. The van der Waals surface area contributed by atoms with Gasteiger partial charge in [0.15, 0.2) is 17.5 Å². The molecule has 1 atom stereocenters. The van der Waals surface area contributed by atoms with E-state index in [1.807, 2.05) is 0 Å². The third-order valence-corrected chi connectivity index (χ3v) is 6.09. The number of aromatic nitrogens is 3. The van der Waals surface area contributed by atoms with Crippen LogP contribution in [0.3, 0.4) is 0 Å². The van der Waals surface area contributed by atoms with Crippen LogP contribution in [0.25, 0.3) is 11.0 Å². The summed E-state index contributed by atoms with van der Waals surface area (Å²) in [6, 6.07) is 9.18. The first-order valence-corrected chi connectivity index (χ1v) is 11.3. The number of rotatable bonds is 8. The number of benzene rings is 2. The van der Waals surface area contributed by atoms with Crippen LogP contribution in [0.5, 0.6) is 5.75 Å². The van der Waals surface area contributed by atoms with E-state index in [1.165, 1.54) is 18.3 Å². The van der Waals surface area contributed by atoms with Crippen molar-refractivity contribution in [1.82, 2.24) is 19.9 Å². The Balaban J connectivity index is 1.29. The van der Waals surface area contributed by atoms with Crippen molar-refractivity contribution in [2.45, 2.75) is 25.4 Å². The predicted molar refractivity (Wildman–Crippen MR) is 125 cm³/mol. The highest BCUT2D eigenvalue weighted by molar-refractivity contribution is 5.94. The Morgan fingerprint density at radius 2 is 1.78 bits per heavy atom. The molecule has 186 valence electrons. The van der Waals surface area contributed by atoms with Gasteiger partial charge in [-0.05, 0) is 60.7 Å². The highest BCUT2D eigenvalue weighted by Crippen LogP contribution is 2.33. The third-order valence-electron chi connectivity index (χ3n) is 6.09. The lowest BCUT2D eigenvalue weighted by Crippen LogP contribution is -2.43. The van der Waals surface area contributed by atoms with Crippen molar-refractivity contribution in [3.05, 3.63) is 98.1 Å². The number of nitrogens with one attached hydrogen (secondary N) is 3. The minimum absolute atomic E-state index is 0.0380. The molecule has 2 aromatic carbocycles. The number of hydrogen-bond donors (Lipinski definition) is 3. The largest absolute Gasteiger partial charge is 0.491 e. The van der Waals surface area contributed by atoms with Crippen molar-refractivity contribution in [3.63, 3.8) is 0 Å². The molecule has 2 aromatic heterocycles. The lowest BCUT2D eigenvalue weighted by molar-refractivity contribution is 0.0912. The van der Waals surface area contributed by atoms with Gasteiger partial charge in [0.2, 0.25) is 0 Å². The molecule has 36 heavy (non-hydrogen) atoms. The molecule has 0 saturated heterocycles. The van der Waals surface area contributed by atoms with Crippen LogP contribution < -0.4 is 21.3 Å². The number of imidazole rings is 1. The maximum absolute atomic E-state index is 13.6. The van der Waals surface area contributed by atoms with Crippen molar-refractivity contribution in [3.8, 4) is 5.75 Å². The van der Waals surface area contributed by atoms with E-state index in [0.29, 0.717) is 16.8 Å². The van der Waals surface area contributed by atoms with E-state index in [1.54, 1.807) is 18.2 Å². The lowest BCUT2D eigenvalue weighted by Gasteiger charge is -2.19. The zero-order valence-electron chi connectivity index (χ0n) is 18.8. The van der Waals surface area contributed by atoms with E-state index in [-0.39, 0.29) is 41.9 Å². The summed E-state index contributed by atoms with van der Waals surface area (Å²) in [6.07, 6.45) is 3.18. The Kier molecular flexibility index (Phi) is 6.13. The minimum Gasteiger partial charge on any atom is -0.491 e. The molecule has 0 spiro atoms. The molecule has 8 nitrogen and oxygen atoms in total. The first-order chi connectivity index (χ1) is 17.3. The van der Waals surface area contributed by atoms with Gasteiger partial charge in [-0.1, -0.05) is 0 Å². The summed E-state index contributed by atoms with van der Waals surface area (Å²) in [6.45, 7) is -0.0846. The fraction of sp³-hybridized carbons (Fsp3) is 0.240. The second-order valence-electron chi connectivity index (χ2n) is 8.74. The molecule has 0 bridgehead atoms. The van der Waals surface area contributed by atoms with E-state index >= 15 is 0 Å². The summed E-state index contributed by atoms with van der Waals surface area (Å²) in [7, 11) is 0. The van der Waals surface area contributed by atoms with Crippen LogP contribution >= 0.6 is 0 Å². The normalized spacial score (nSPS) is 14.1. The van der Waals surface area contributed by atoms with Gasteiger partial charge in [-0.2, -0.15) is 0 Å². The molecule has 1 amide bonds. The molecule has 1 unspecified atom stereocenters. The summed E-state index contributed by atoms with van der Waals surface area (Å²) in [5.41, 5.74) is 0.153. The van der Waals surface area contributed by atoms with Crippen molar-refractivity contribution in [2.75, 3.05) is 6.61 Å². The summed E-state index contributed by atoms with van der Waals surface area (Å²) in [5, 5.41) is 2.85. The molecule has 3 N–H and O–H groups in total. The summed E-state index contributed by atoms with van der Waals surface area (Å²) < 4.78 is 47.3. The van der Waals surface area contributed by atoms with E-state index in [2.05, 4.69) is 15.3 Å². The summed E-state index contributed by atoms with van der Waals surface area (Å²) >= 11 is 0. The number of carbonyl (C=O) groups is 1. The van der Waals surface area contributed by atoms with E-state index in [9.17, 15) is 27.6 Å². The number of H-pyrrole nitrogens is 2. The van der Waals surface area contributed by atoms with Gasteiger partial charge in [-0.25, -0.2) is 18.0 Å². The average molecular weight is 498 g/mol. The van der Waals surface area contributed by atoms with Gasteiger partial charge in [0, 0.05) is 12.3 Å². The Hall–Kier alpha value is -4.28. The molecule has 1 saturated carbocycles. The molecular weight excluding hydrogens is 477 g/mol. The number of halogens is 3. The molecule has 2 heterocycles. The molecular formula is C25H21F3N4O4. The fourth-order valence-electron chi connectivity index (χ4n) is 4.06. The number of carbonyl (C=O) groups excluding carboxylic acids is 1. The van der Waals surface area contributed by atoms with E-state index in [4.69, 9.17) is 4.74 Å². The van der Waals surface area contributed by atoms with E-state index in [0.717, 1.165) is 29.5 Å². The Morgan fingerprint density at radius 3 is 2.50 bits per heavy atom. The Bertz CT molecular complexity index is 1550. The smallest absolute Gasteiger partial charge is 0.323 e. The number of nitrogens with zero attached hydrogens (tertiary/aromatic N) is 1. The molecule has 11 heteroatoms. The van der Waals surface area contributed by atoms with Gasteiger partial charge < -0.3 is 24.6 Å². The van der Waals surface area contributed by atoms with Crippen LogP contribution in [0.4, 0.5) is 13.2 Å². The number of hydrogen-bond acceptors (Lipinski definition) is 4. The first kappa shape index (κ1) is 23.5. The number of pyridine rings is 1. The quantitative estimate of drug-likeness (QED) is 0.325. The maximum Gasteiger partial charge on any atom is 0.323 e. The monoisotopic (exact) mass is 498 g/mol. The average Bonchev–Trinajstić information content (AvgIpc) is 3.62. The summed E-state index contributed by atoms with van der Waals surface area (Å²) in [4.78, 5) is 42.6. The van der Waals surface area contributed by atoms with Gasteiger partial charge >= 0.3 is 5.69 Å². The zero-order chi connectivity index (χ0) is 25.4. The topological polar surface area (TPSA) is 109 Å². The van der Waals surface area contributed by atoms with Gasteiger partial charge in [-0.3, -0.25) is 9.59 Å². The highest BCUT2D eigenvalue weighted by Gasteiger charge is 2.33. The number of amides is 1. The molecule has 0 radical (unpaired) electrons. The van der Waals surface area contributed by atoms with Gasteiger partial charge in [0.1, 0.15) is 17.9 Å². The second kappa shape index (κ2) is 9.40. The number of fused-ring (bicyclic) bond motifs is 1. The van der Waals surface area contributed by atoms with E-state index < -0.39 is 28.9 Å². The minimum atomic E-state index is -1.59. The zero-order valence-corrected chi connectivity index (χ0v) is 18.8. The molecule has 4 aromatic rings. The van der Waals surface area contributed by atoms with Crippen LogP contribution in [0, 0.1) is 23.4 Å². The fourth-order valence-corrected chi connectivity index (χ4v) is 4.06. The first-order valence-electron chi connectivity index (χ1n) is 11.3. The van der Waals surface area contributed by atoms with Crippen molar-refractivity contribution >= 4 is 16.9 Å². The molecule has 0 aliphatic heterocycles. The number of ether oxygens (including phenoxy) is 1. The Labute approximate surface area is 201 Å². The van der Waals surface area contributed by atoms with Crippen molar-refractivity contribution in [2.24, 2.45) is 5.92 Å². The van der Waals surface area contributed by atoms with Crippen LogP contribution in [0.1, 0.15) is 28.8 Å². The van der Waals surface area contributed by atoms with Crippen LogP contribution in [-0.4, -0.2) is 33.1 Å². The SMILES string of the molecule is O=C(NC(COc1ccc2[nH]c(=O)[nH]c2c1)C1CC1)c1cccn(Cc2cc(F)c(F)c(F)c2)c1=O. The van der Waals surface area contributed by atoms with Gasteiger partial charge in [-0.15, -0.1) is 0 Å². The standard InChI is InChI=1S/C25H21F3N4O4/c26-17-8-13(9-18(27)22(17)28)11-32-7-1-2-16(24(32)34)23(33)29-21(14-3-4-14)12-36-15-5-6-19-20(10-15)31-25(35)30-19/h1-2,5-10,14,21H,3-4,11-12H2,(H,29,33)(H2,30,31,35). The predicted octanol–water partition coefficient (Wildman–Crippen LogP) is 3.07. The van der Waals surface area contributed by atoms with Gasteiger partial charge in [0.05, 0.1) is 23.6 Å². The summed E-state index contributed by atoms with van der Waals surface area (Å²) in [5.74, 6) is -4.20. The number of aromatic amines is 2. The van der Waals surface area contributed by atoms with Crippen molar-refractivity contribution < 1.29 is 22.7 Å². The van der Waals surface area contributed by atoms with Crippen molar-refractivity contribution in [1.29, 1.82) is 0 Å². The Morgan fingerprint density at radius 1 is 1.06 bits per heavy atom. The molecule has 1 fully saturated rings. The lowest BCUT2D eigenvalue weighted by atomic mass is 10.1. The van der Waals surface area contributed by atoms with Crippen LogP contribution in [0.2, 0.25) is 0 Å². The van der Waals surface area contributed by atoms with Crippen LogP contribution in [0.15, 0.2) is 58.3 Å². The van der Waals surface area contributed by atoms with Crippen LogP contribution in [-0.2, 0) is 6.54 Å². The molecule has 1 aliphatic rings.